The molecule has 0 spiro atoms. The van der Waals surface area contributed by atoms with Crippen LogP contribution in [0.3, 0.4) is 0 Å². The summed E-state index contributed by atoms with van der Waals surface area (Å²) in [5.41, 5.74) is 0.883. The molecule has 5 nitrogen and oxygen atoms in total. The Kier molecular flexibility index (Phi) is 7.88. The molecule has 2 rings (SSSR count). The van der Waals surface area contributed by atoms with Gasteiger partial charge in [0.05, 0.1) is 13.7 Å². The molecule has 0 saturated heterocycles. The molecule has 0 aliphatic rings. The van der Waals surface area contributed by atoms with Gasteiger partial charge in [-0.2, -0.15) is 0 Å². The highest BCUT2D eigenvalue weighted by atomic mass is 127. The van der Waals surface area contributed by atoms with Gasteiger partial charge in [-0.05, 0) is 87.5 Å². The summed E-state index contributed by atoms with van der Waals surface area (Å²) in [6.45, 7) is 2.65. The van der Waals surface area contributed by atoms with Crippen molar-refractivity contribution in [2.75, 3.05) is 6.61 Å². The number of aliphatic carboxylic acids is 1. The Labute approximate surface area is 179 Å². The van der Waals surface area contributed by atoms with E-state index in [-0.39, 0.29) is 5.70 Å². The van der Waals surface area contributed by atoms with E-state index in [4.69, 9.17) is 4.74 Å². The number of rotatable bonds is 7. The van der Waals surface area contributed by atoms with Crippen molar-refractivity contribution >= 4 is 63.1 Å². The van der Waals surface area contributed by atoms with Gasteiger partial charge in [-0.15, -0.1) is 0 Å². The third kappa shape index (κ3) is 5.70. The molecule has 0 radical (unpaired) electrons. The SMILES string of the molecule is CCCOc1c(I)cc(/C=C(/NC(=O)c2ccccc2)C(=O)O)cc1I. The Hall–Kier alpha value is -1.62. The lowest BCUT2D eigenvalue weighted by Gasteiger charge is -2.11. The zero-order valence-corrected chi connectivity index (χ0v) is 18.3. The molecule has 2 aromatic carbocycles. The molecule has 0 saturated carbocycles. The molecule has 0 heterocycles. The van der Waals surface area contributed by atoms with Crippen molar-refractivity contribution < 1.29 is 19.4 Å². The maximum absolute atomic E-state index is 12.2. The van der Waals surface area contributed by atoms with Crippen molar-refractivity contribution in [3.8, 4) is 5.75 Å². The Morgan fingerprint density at radius 2 is 1.77 bits per heavy atom. The number of amides is 1. The van der Waals surface area contributed by atoms with Crippen LogP contribution >= 0.6 is 45.2 Å². The summed E-state index contributed by atoms with van der Waals surface area (Å²) < 4.78 is 7.49. The van der Waals surface area contributed by atoms with Gasteiger partial charge in [0.25, 0.3) is 5.91 Å². The first-order valence-corrected chi connectivity index (χ1v) is 10.0. The third-order valence-electron chi connectivity index (χ3n) is 3.30. The molecule has 0 unspecified atom stereocenters. The fourth-order valence-electron chi connectivity index (χ4n) is 2.11. The van der Waals surface area contributed by atoms with E-state index < -0.39 is 11.9 Å². The summed E-state index contributed by atoms with van der Waals surface area (Å²) in [5.74, 6) is -0.882. The number of hydrogen-bond acceptors (Lipinski definition) is 3. The van der Waals surface area contributed by atoms with E-state index in [1.807, 2.05) is 19.1 Å². The van der Waals surface area contributed by atoms with Crippen molar-refractivity contribution in [2.24, 2.45) is 0 Å². The molecule has 2 aromatic rings. The minimum absolute atomic E-state index is 0.187. The minimum Gasteiger partial charge on any atom is -0.491 e. The Bertz CT molecular complexity index is 812. The van der Waals surface area contributed by atoms with Crippen molar-refractivity contribution in [3.63, 3.8) is 0 Å². The van der Waals surface area contributed by atoms with Crippen LogP contribution in [0.1, 0.15) is 29.3 Å². The summed E-state index contributed by atoms with van der Waals surface area (Å²) >= 11 is 4.31. The van der Waals surface area contributed by atoms with Gasteiger partial charge in [0, 0.05) is 5.56 Å². The number of hydrogen-bond donors (Lipinski definition) is 2. The zero-order valence-electron chi connectivity index (χ0n) is 14.0. The van der Waals surface area contributed by atoms with E-state index in [0.717, 1.165) is 19.3 Å². The third-order valence-corrected chi connectivity index (χ3v) is 4.90. The summed E-state index contributed by atoms with van der Waals surface area (Å²) in [7, 11) is 0. The van der Waals surface area contributed by atoms with Gasteiger partial charge >= 0.3 is 5.97 Å². The molecular formula is C19H17I2NO4. The molecule has 0 aliphatic carbocycles. The second-order valence-electron chi connectivity index (χ2n) is 5.35. The molecule has 0 aromatic heterocycles. The van der Waals surface area contributed by atoms with Gasteiger partial charge < -0.3 is 15.2 Å². The predicted molar refractivity (Wildman–Crippen MR) is 117 cm³/mol. The van der Waals surface area contributed by atoms with Gasteiger partial charge in [-0.25, -0.2) is 4.79 Å². The summed E-state index contributed by atoms with van der Waals surface area (Å²) in [6, 6.07) is 12.1. The van der Waals surface area contributed by atoms with Gasteiger partial charge in [0.15, 0.2) is 0 Å². The average Bonchev–Trinajstić information content (AvgIpc) is 2.61. The Balaban J connectivity index is 2.28. The van der Waals surface area contributed by atoms with Crippen LogP contribution in [0.15, 0.2) is 48.2 Å². The van der Waals surface area contributed by atoms with Crippen LogP contribution in [-0.4, -0.2) is 23.6 Å². The monoisotopic (exact) mass is 577 g/mol. The summed E-state index contributed by atoms with van der Waals surface area (Å²) in [6.07, 6.45) is 2.35. The molecule has 2 N–H and O–H groups in total. The maximum Gasteiger partial charge on any atom is 0.352 e. The normalized spacial score (nSPS) is 11.1. The van der Waals surface area contributed by atoms with E-state index in [0.29, 0.717) is 17.7 Å². The lowest BCUT2D eigenvalue weighted by molar-refractivity contribution is -0.132. The number of carboxylic acids is 1. The van der Waals surface area contributed by atoms with Crippen LogP contribution in [0.5, 0.6) is 5.75 Å². The summed E-state index contributed by atoms with van der Waals surface area (Å²) in [5, 5.41) is 11.9. The molecule has 0 bridgehead atoms. The maximum atomic E-state index is 12.2. The lowest BCUT2D eigenvalue weighted by atomic mass is 10.1. The largest absolute Gasteiger partial charge is 0.491 e. The van der Waals surface area contributed by atoms with Crippen molar-refractivity contribution in [3.05, 3.63) is 66.4 Å². The molecule has 0 aliphatic heterocycles. The van der Waals surface area contributed by atoms with E-state index in [1.165, 1.54) is 6.08 Å². The first-order chi connectivity index (χ1) is 12.4. The lowest BCUT2D eigenvalue weighted by Crippen LogP contribution is -2.27. The predicted octanol–water partition coefficient (Wildman–Crippen LogP) is 4.54. The van der Waals surface area contributed by atoms with Crippen LogP contribution in [0.4, 0.5) is 0 Å². The highest BCUT2D eigenvalue weighted by molar-refractivity contribution is 14.1. The van der Waals surface area contributed by atoms with Crippen molar-refractivity contribution in [2.45, 2.75) is 13.3 Å². The molecule has 0 fully saturated rings. The number of carboxylic acid groups (broad SMARTS) is 1. The smallest absolute Gasteiger partial charge is 0.352 e. The standard InChI is InChI=1S/C19H17I2NO4/c1-2-8-26-17-14(20)9-12(10-15(17)21)11-16(19(24)25)22-18(23)13-6-4-3-5-7-13/h3-7,9-11H,2,8H2,1H3,(H,22,23)(H,24,25)/b16-11+. The fourth-order valence-corrected chi connectivity index (χ4v) is 4.23. The van der Waals surface area contributed by atoms with Crippen LogP contribution in [-0.2, 0) is 4.79 Å². The first-order valence-electron chi connectivity index (χ1n) is 7.85. The van der Waals surface area contributed by atoms with Crippen LogP contribution in [0, 0.1) is 7.14 Å². The van der Waals surface area contributed by atoms with Crippen LogP contribution in [0.2, 0.25) is 0 Å². The first kappa shape index (κ1) is 20.7. The number of carbonyl (C=O) groups excluding carboxylic acids is 1. The molecule has 1 amide bonds. The fraction of sp³-hybridized carbons (Fsp3) is 0.158. The van der Waals surface area contributed by atoms with E-state index in [1.54, 1.807) is 30.3 Å². The average molecular weight is 577 g/mol. The quantitative estimate of drug-likeness (QED) is 0.375. The zero-order chi connectivity index (χ0) is 19.1. The van der Waals surface area contributed by atoms with Gasteiger partial charge in [-0.1, -0.05) is 25.1 Å². The number of ether oxygens (including phenoxy) is 1. The van der Waals surface area contributed by atoms with Gasteiger partial charge in [0.2, 0.25) is 0 Å². The number of nitrogens with one attached hydrogen (secondary N) is 1. The van der Waals surface area contributed by atoms with Gasteiger partial charge in [-0.3, -0.25) is 4.79 Å². The highest BCUT2D eigenvalue weighted by Gasteiger charge is 2.14. The minimum atomic E-state index is -1.20. The Morgan fingerprint density at radius 1 is 1.15 bits per heavy atom. The van der Waals surface area contributed by atoms with Gasteiger partial charge in [0.1, 0.15) is 11.4 Å². The van der Waals surface area contributed by atoms with E-state index in [2.05, 4.69) is 50.5 Å². The molecule has 26 heavy (non-hydrogen) atoms. The molecule has 7 heteroatoms. The molecule has 136 valence electrons. The second kappa shape index (κ2) is 9.91. The summed E-state index contributed by atoms with van der Waals surface area (Å²) in [4.78, 5) is 23.8. The number of benzene rings is 2. The topological polar surface area (TPSA) is 75.6 Å². The van der Waals surface area contributed by atoms with E-state index in [9.17, 15) is 14.7 Å². The van der Waals surface area contributed by atoms with Crippen LogP contribution < -0.4 is 10.1 Å². The highest BCUT2D eigenvalue weighted by Crippen LogP contribution is 2.30. The van der Waals surface area contributed by atoms with Crippen LogP contribution in [0.25, 0.3) is 6.08 Å². The number of halogens is 2. The van der Waals surface area contributed by atoms with Crippen molar-refractivity contribution in [1.29, 1.82) is 0 Å². The van der Waals surface area contributed by atoms with E-state index >= 15 is 0 Å². The second-order valence-corrected chi connectivity index (χ2v) is 7.67. The Morgan fingerprint density at radius 3 is 2.31 bits per heavy atom. The van der Waals surface area contributed by atoms with Crippen molar-refractivity contribution in [1.82, 2.24) is 5.32 Å². The molecular weight excluding hydrogens is 560 g/mol. The number of carbonyl (C=O) groups is 2. The molecule has 0 atom stereocenters.